The summed E-state index contributed by atoms with van der Waals surface area (Å²) in [6.45, 7) is 2.11. The Morgan fingerprint density at radius 3 is 2.41 bits per heavy atom. The Bertz CT molecular complexity index is 573. The highest BCUT2D eigenvalue weighted by molar-refractivity contribution is 5.95. The van der Waals surface area contributed by atoms with Gasteiger partial charge in [0.25, 0.3) is 5.91 Å². The number of nitrogens with zero attached hydrogens (tertiary/aromatic N) is 2. The topological polar surface area (TPSA) is 54.4 Å². The van der Waals surface area contributed by atoms with Crippen molar-refractivity contribution in [1.29, 1.82) is 0 Å². The Morgan fingerprint density at radius 1 is 1.23 bits per heavy atom. The molecule has 4 saturated carbocycles. The van der Waals surface area contributed by atoms with Gasteiger partial charge in [0.15, 0.2) is 0 Å². The molecule has 116 valence electrons. The summed E-state index contributed by atoms with van der Waals surface area (Å²) >= 11 is 0. The molecule has 4 fully saturated rings. The molecule has 1 aromatic heterocycles. The summed E-state index contributed by atoms with van der Waals surface area (Å²) in [4.78, 5) is 16.1. The molecule has 1 heterocycles. The third-order valence-electron chi connectivity index (χ3n) is 6.05. The molecule has 4 aliphatic rings. The molecule has 0 unspecified atom stereocenters. The zero-order valence-electron chi connectivity index (χ0n) is 13.1. The molecule has 4 bridgehead atoms. The standard InChI is InChI=1S/C18H23N3O/c1-12(20-21-17(22)16-3-2-4-19-11-16)18-8-13-5-14(9-18)7-15(6-13)10-18/h2-4,11,13-15H,5-10H2,1H3,(H,21,22). The van der Waals surface area contributed by atoms with Crippen molar-refractivity contribution in [3.63, 3.8) is 0 Å². The molecule has 0 saturated heterocycles. The highest BCUT2D eigenvalue weighted by Gasteiger charge is 2.52. The summed E-state index contributed by atoms with van der Waals surface area (Å²) in [6.07, 6.45) is 11.3. The van der Waals surface area contributed by atoms with E-state index in [2.05, 4.69) is 22.4 Å². The first kappa shape index (κ1) is 13.9. The van der Waals surface area contributed by atoms with Crippen LogP contribution in [0.4, 0.5) is 0 Å². The SMILES string of the molecule is CC(=NNC(=O)c1cccnc1)C12CC3CC(CC(C3)C1)C2. The molecule has 0 aliphatic heterocycles. The molecule has 1 N–H and O–H groups in total. The summed E-state index contributed by atoms with van der Waals surface area (Å²) < 4.78 is 0. The van der Waals surface area contributed by atoms with Crippen molar-refractivity contribution in [2.45, 2.75) is 45.4 Å². The van der Waals surface area contributed by atoms with Gasteiger partial charge < -0.3 is 0 Å². The number of carbonyl (C=O) groups is 1. The third-order valence-corrected chi connectivity index (χ3v) is 6.05. The monoisotopic (exact) mass is 297 g/mol. The molecule has 1 aromatic rings. The van der Waals surface area contributed by atoms with E-state index in [1.165, 1.54) is 38.5 Å². The van der Waals surface area contributed by atoms with Crippen LogP contribution in [0.3, 0.4) is 0 Å². The maximum absolute atomic E-state index is 12.1. The van der Waals surface area contributed by atoms with E-state index in [4.69, 9.17) is 0 Å². The van der Waals surface area contributed by atoms with Crippen molar-refractivity contribution < 1.29 is 4.79 Å². The fraction of sp³-hybridized carbons (Fsp3) is 0.611. The van der Waals surface area contributed by atoms with Crippen molar-refractivity contribution in [2.75, 3.05) is 0 Å². The number of carbonyl (C=O) groups excluding carboxylic acids is 1. The number of nitrogens with one attached hydrogen (secondary N) is 1. The molecule has 1 amide bonds. The van der Waals surface area contributed by atoms with Gasteiger partial charge >= 0.3 is 0 Å². The van der Waals surface area contributed by atoms with Gasteiger partial charge in [-0.25, -0.2) is 5.43 Å². The van der Waals surface area contributed by atoms with Crippen molar-refractivity contribution in [1.82, 2.24) is 10.4 Å². The van der Waals surface area contributed by atoms with Gasteiger partial charge in [0, 0.05) is 23.5 Å². The van der Waals surface area contributed by atoms with Crippen LogP contribution in [0.5, 0.6) is 0 Å². The zero-order chi connectivity index (χ0) is 15.2. The van der Waals surface area contributed by atoms with Gasteiger partial charge in [-0.15, -0.1) is 0 Å². The van der Waals surface area contributed by atoms with Crippen LogP contribution in [0.2, 0.25) is 0 Å². The number of hydrogen-bond donors (Lipinski definition) is 1. The van der Waals surface area contributed by atoms with E-state index in [-0.39, 0.29) is 11.3 Å². The summed E-state index contributed by atoms with van der Waals surface area (Å²) in [5.74, 6) is 2.51. The molecule has 4 aliphatic carbocycles. The number of aromatic nitrogens is 1. The number of hydrogen-bond acceptors (Lipinski definition) is 3. The van der Waals surface area contributed by atoms with Gasteiger partial charge in [0.2, 0.25) is 0 Å². The van der Waals surface area contributed by atoms with Crippen LogP contribution in [0.25, 0.3) is 0 Å². The minimum absolute atomic E-state index is 0.169. The van der Waals surface area contributed by atoms with Gasteiger partial charge in [-0.1, -0.05) is 0 Å². The Morgan fingerprint density at radius 2 is 1.86 bits per heavy atom. The van der Waals surface area contributed by atoms with E-state index in [1.807, 2.05) is 0 Å². The maximum atomic E-state index is 12.1. The van der Waals surface area contributed by atoms with E-state index in [0.29, 0.717) is 5.56 Å². The average Bonchev–Trinajstić information content (AvgIpc) is 2.51. The highest BCUT2D eigenvalue weighted by Crippen LogP contribution is 2.60. The molecule has 0 atom stereocenters. The largest absolute Gasteiger partial charge is 0.272 e. The third kappa shape index (κ3) is 2.34. The number of pyridine rings is 1. The lowest BCUT2D eigenvalue weighted by molar-refractivity contribution is -0.0128. The second-order valence-corrected chi connectivity index (χ2v) is 7.58. The fourth-order valence-electron chi connectivity index (χ4n) is 5.37. The number of amides is 1. The minimum atomic E-state index is -0.169. The lowest BCUT2D eigenvalue weighted by Crippen LogP contribution is -2.49. The molecule has 4 heteroatoms. The normalized spacial score (nSPS) is 36.4. The molecule has 22 heavy (non-hydrogen) atoms. The van der Waals surface area contributed by atoms with Crippen molar-refractivity contribution >= 4 is 11.6 Å². The van der Waals surface area contributed by atoms with Crippen LogP contribution in [0.15, 0.2) is 29.6 Å². The first-order chi connectivity index (χ1) is 10.6. The van der Waals surface area contributed by atoms with E-state index < -0.39 is 0 Å². The fourth-order valence-corrected chi connectivity index (χ4v) is 5.37. The first-order valence-corrected chi connectivity index (χ1v) is 8.40. The summed E-state index contributed by atoms with van der Waals surface area (Å²) in [7, 11) is 0. The minimum Gasteiger partial charge on any atom is -0.267 e. The van der Waals surface area contributed by atoms with E-state index in [1.54, 1.807) is 24.5 Å². The zero-order valence-corrected chi connectivity index (χ0v) is 13.1. The van der Waals surface area contributed by atoms with E-state index in [9.17, 15) is 4.79 Å². The first-order valence-electron chi connectivity index (χ1n) is 8.40. The number of rotatable bonds is 3. The van der Waals surface area contributed by atoms with Gasteiger partial charge in [-0.05, 0) is 75.3 Å². The predicted molar refractivity (Wildman–Crippen MR) is 85.4 cm³/mol. The second-order valence-electron chi connectivity index (χ2n) is 7.58. The van der Waals surface area contributed by atoms with Crippen LogP contribution >= 0.6 is 0 Å². The Labute approximate surface area is 131 Å². The van der Waals surface area contributed by atoms with Crippen LogP contribution in [0.1, 0.15) is 55.8 Å². The Hall–Kier alpha value is -1.71. The highest BCUT2D eigenvalue weighted by atomic mass is 16.2. The van der Waals surface area contributed by atoms with Crippen molar-refractivity contribution in [2.24, 2.45) is 28.3 Å². The molecule has 0 aromatic carbocycles. The van der Waals surface area contributed by atoms with E-state index >= 15 is 0 Å². The molecular weight excluding hydrogens is 274 g/mol. The van der Waals surface area contributed by atoms with Crippen LogP contribution < -0.4 is 5.43 Å². The van der Waals surface area contributed by atoms with Gasteiger partial charge in [-0.3, -0.25) is 9.78 Å². The molecule has 0 radical (unpaired) electrons. The summed E-state index contributed by atoms with van der Waals surface area (Å²) in [6, 6.07) is 3.53. The second kappa shape index (κ2) is 5.18. The smallest absolute Gasteiger partial charge is 0.267 e. The lowest BCUT2D eigenvalue weighted by Gasteiger charge is -2.56. The Balaban J connectivity index is 1.49. The average molecular weight is 297 g/mol. The van der Waals surface area contributed by atoms with Gasteiger partial charge in [0.1, 0.15) is 0 Å². The van der Waals surface area contributed by atoms with E-state index in [0.717, 1.165) is 23.5 Å². The van der Waals surface area contributed by atoms with Gasteiger partial charge in [0.05, 0.1) is 5.56 Å². The lowest BCUT2D eigenvalue weighted by atomic mass is 9.48. The Kier molecular flexibility index (Phi) is 3.28. The molecule has 0 spiro atoms. The van der Waals surface area contributed by atoms with Crippen LogP contribution in [-0.2, 0) is 0 Å². The molecule has 5 rings (SSSR count). The van der Waals surface area contributed by atoms with Crippen LogP contribution in [0, 0.1) is 23.2 Å². The van der Waals surface area contributed by atoms with Gasteiger partial charge in [-0.2, -0.15) is 5.10 Å². The quantitative estimate of drug-likeness (QED) is 0.686. The predicted octanol–water partition coefficient (Wildman–Crippen LogP) is 3.40. The maximum Gasteiger partial charge on any atom is 0.272 e. The molecule has 4 nitrogen and oxygen atoms in total. The summed E-state index contributed by atoms with van der Waals surface area (Å²) in [5.41, 5.74) is 4.68. The molecular formula is C18H23N3O. The summed E-state index contributed by atoms with van der Waals surface area (Å²) in [5, 5.41) is 4.48. The van der Waals surface area contributed by atoms with Crippen molar-refractivity contribution in [3.05, 3.63) is 30.1 Å². The van der Waals surface area contributed by atoms with Crippen LogP contribution in [-0.4, -0.2) is 16.6 Å². The number of hydrazone groups is 1. The van der Waals surface area contributed by atoms with Crippen molar-refractivity contribution in [3.8, 4) is 0 Å².